The molecule has 0 unspecified atom stereocenters. The molecule has 148 valence electrons. The molecule has 4 rings (SSSR count). The van der Waals surface area contributed by atoms with Gasteiger partial charge in [0.05, 0.1) is 10.6 Å². The fourth-order valence-electron chi connectivity index (χ4n) is 3.36. The zero-order valence-corrected chi connectivity index (χ0v) is 16.9. The molecule has 0 saturated carbocycles. The molecule has 0 saturated heterocycles. The third-order valence-corrected chi connectivity index (χ3v) is 6.78. The van der Waals surface area contributed by atoms with Gasteiger partial charge in [0, 0.05) is 21.8 Å². The van der Waals surface area contributed by atoms with Crippen LogP contribution >= 0.6 is 11.6 Å². The Labute approximate surface area is 172 Å². The molecule has 5 nitrogen and oxygen atoms in total. The van der Waals surface area contributed by atoms with Gasteiger partial charge in [0.15, 0.2) is 0 Å². The first-order valence-electron chi connectivity index (χ1n) is 8.75. The Bertz CT molecular complexity index is 1240. The van der Waals surface area contributed by atoms with Crippen LogP contribution in [0.15, 0.2) is 65.6 Å². The fourth-order valence-corrected chi connectivity index (χ4v) is 5.24. The number of hydrogen-bond donors (Lipinski definition) is 1. The maximum absolute atomic E-state index is 13.9. The number of amides is 1. The van der Waals surface area contributed by atoms with E-state index in [-0.39, 0.29) is 10.6 Å². The van der Waals surface area contributed by atoms with Crippen molar-refractivity contribution in [3.8, 4) is 11.1 Å². The van der Waals surface area contributed by atoms with Crippen molar-refractivity contribution in [3.63, 3.8) is 0 Å². The molecule has 1 aliphatic heterocycles. The number of benzene rings is 3. The second-order valence-corrected chi connectivity index (χ2v) is 8.94. The average molecular weight is 431 g/mol. The van der Waals surface area contributed by atoms with E-state index in [1.165, 1.54) is 24.3 Å². The molecule has 1 N–H and O–H groups in total. The van der Waals surface area contributed by atoms with Crippen LogP contribution in [0.2, 0.25) is 5.02 Å². The van der Waals surface area contributed by atoms with Crippen LogP contribution in [0.25, 0.3) is 11.1 Å². The Hall–Kier alpha value is -2.90. The first kappa shape index (κ1) is 19.4. The lowest BCUT2D eigenvalue weighted by molar-refractivity contribution is -0.114. The molecule has 1 aliphatic rings. The predicted molar refractivity (Wildman–Crippen MR) is 111 cm³/mol. The third-order valence-electron chi connectivity index (χ3n) is 4.72. The summed E-state index contributed by atoms with van der Waals surface area (Å²) >= 11 is 5.93. The fraction of sp³-hybridized carbons (Fsp3) is 0.0952. The van der Waals surface area contributed by atoms with E-state index in [1.54, 1.807) is 43.3 Å². The summed E-state index contributed by atoms with van der Waals surface area (Å²) in [6, 6.07) is 15.2. The van der Waals surface area contributed by atoms with Crippen molar-refractivity contribution in [3.05, 3.63) is 77.1 Å². The van der Waals surface area contributed by atoms with E-state index in [0.29, 0.717) is 21.8 Å². The second kappa shape index (κ2) is 7.17. The van der Waals surface area contributed by atoms with Gasteiger partial charge in [0.25, 0.3) is 10.0 Å². The van der Waals surface area contributed by atoms with Gasteiger partial charge >= 0.3 is 0 Å². The Balaban J connectivity index is 1.73. The lowest BCUT2D eigenvalue weighted by Gasteiger charge is -2.31. The zero-order valence-electron chi connectivity index (χ0n) is 15.3. The van der Waals surface area contributed by atoms with E-state index in [9.17, 15) is 17.6 Å². The number of nitrogens with zero attached hydrogens (tertiary/aromatic N) is 1. The highest BCUT2D eigenvalue weighted by atomic mass is 35.5. The summed E-state index contributed by atoms with van der Waals surface area (Å²) in [5.74, 6) is -1.01. The van der Waals surface area contributed by atoms with Gasteiger partial charge in [-0.25, -0.2) is 12.8 Å². The summed E-state index contributed by atoms with van der Waals surface area (Å²) in [7, 11) is -3.98. The summed E-state index contributed by atoms with van der Waals surface area (Å²) in [5.41, 5.74) is 2.37. The highest BCUT2D eigenvalue weighted by Gasteiger charge is 2.36. The number of sulfonamides is 1. The lowest BCUT2D eigenvalue weighted by atomic mass is 10.0. The summed E-state index contributed by atoms with van der Waals surface area (Å²) < 4.78 is 41.3. The van der Waals surface area contributed by atoms with Crippen LogP contribution < -0.4 is 9.62 Å². The molecule has 0 spiro atoms. The Morgan fingerprint density at radius 1 is 1.07 bits per heavy atom. The van der Waals surface area contributed by atoms with Crippen molar-refractivity contribution in [2.75, 3.05) is 16.2 Å². The van der Waals surface area contributed by atoms with Gasteiger partial charge in [-0.2, -0.15) is 0 Å². The van der Waals surface area contributed by atoms with Crippen LogP contribution in [-0.2, 0) is 14.8 Å². The Kier molecular flexibility index (Phi) is 4.80. The highest BCUT2D eigenvalue weighted by Crippen LogP contribution is 2.43. The van der Waals surface area contributed by atoms with Crippen molar-refractivity contribution in [1.82, 2.24) is 0 Å². The Morgan fingerprint density at radius 2 is 1.83 bits per heavy atom. The summed E-state index contributed by atoms with van der Waals surface area (Å²) in [5, 5.41) is 3.24. The summed E-state index contributed by atoms with van der Waals surface area (Å²) in [4.78, 5) is 12.7. The molecule has 3 aromatic rings. The SMILES string of the molecule is Cc1cc(Cl)ccc1NC(=O)CN1c2ccc(F)cc2-c2ccccc2S1(=O)=O. The molecule has 0 fully saturated rings. The maximum atomic E-state index is 13.9. The molecule has 0 aliphatic carbocycles. The molecule has 3 aromatic carbocycles. The van der Waals surface area contributed by atoms with E-state index in [1.807, 2.05) is 0 Å². The van der Waals surface area contributed by atoms with Crippen LogP contribution in [0.4, 0.5) is 15.8 Å². The number of halogens is 2. The van der Waals surface area contributed by atoms with Gasteiger partial charge in [-0.05, 0) is 55.0 Å². The quantitative estimate of drug-likeness (QED) is 0.660. The molecular formula is C21H16ClFN2O3S. The van der Waals surface area contributed by atoms with Gasteiger partial charge in [-0.3, -0.25) is 9.10 Å². The minimum atomic E-state index is -3.98. The predicted octanol–water partition coefficient (Wildman–Crippen LogP) is 4.60. The first-order valence-corrected chi connectivity index (χ1v) is 10.6. The number of hydrogen-bond acceptors (Lipinski definition) is 3. The van der Waals surface area contributed by atoms with Gasteiger partial charge in [0.1, 0.15) is 12.4 Å². The minimum absolute atomic E-state index is 0.0357. The van der Waals surface area contributed by atoms with Crippen molar-refractivity contribution in [2.24, 2.45) is 0 Å². The van der Waals surface area contributed by atoms with Gasteiger partial charge in [-0.15, -0.1) is 0 Å². The van der Waals surface area contributed by atoms with E-state index in [0.717, 1.165) is 9.87 Å². The molecule has 0 aromatic heterocycles. The lowest BCUT2D eigenvalue weighted by Crippen LogP contribution is -2.40. The highest BCUT2D eigenvalue weighted by molar-refractivity contribution is 7.93. The number of fused-ring (bicyclic) bond motifs is 3. The Morgan fingerprint density at radius 3 is 2.59 bits per heavy atom. The number of rotatable bonds is 3. The van der Waals surface area contributed by atoms with Crippen LogP contribution in [0.1, 0.15) is 5.56 Å². The molecule has 0 radical (unpaired) electrons. The normalized spacial score (nSPS) is 14.1. The maximum Gasteiger partial charge on any atom is 0.265 e. The number of carbonyl (C=O) groups excluding carboxylic acids is 1. The molecular weight excluding hydrogens is 415 g/mol. The van der Waals surface area contributed by atoms with Crippen molar-refractivity contribution < 1.29 is 17.6 Å². The standard InChI is InChI=1S/C21H16ClFN2O3S/c1-13-10-14(22)6-8-18(13)24-21(26)12-25-19-9-7-15(23)11-17(19)16-4-2-3-5-20(16)29(25,27)28/h2-11H,12H2,1H3,(H,24,26). The molecule has 1 heterocycles. The van der Waals surface area contributed by atoms with E-state index < -0.39 is 28.3 Å². The van der Waals surface area contributed by atoms with Crippen molar-refractivity contribution in [2.45, 2.75) is 11.8 Å². The average Bonchev–Trinajstić information content (AvgIpc) is 2.68. The van der Waals surface area contributed by atoms with E-state index in [4.69, 9.17) is 11.6 Å². The molecule has 29 heavy (non-hydrogen) atoms. The number of aryl methyl sites for hydroxylation is 1. The first-order chi connectivity index (χ1) is 13.8. The van der Waals surface area contributed by atoms with Crippen LogP contribution in [0.3, 0.4) is 0 Å². The molecule has 0 bridgehead atoms. The molecule has 1 amide bonds. The van der Waals surface area contributed by atoms with E-state index in [2.05, 4.69) is 5.32 Å². The number of nitrogens with one attached hydrogen (secondary N) is 1. The zero-order chi connectivity index (χ0) is 20.8. The monoisotopic (exact) mass is 430 g/mol. The largest absolute Gasteiger partial charge is 0.324 e. The smallest absolute Gasteiger partial charge is 0.265 e. The number of carbonyl (C=O) groups is 1. The number of anilines is 2. The molecule has 0 atom stereocenters. The van der Waals surface area contributed by atoms with Crippen LogP contribution in [0, 0.1) is 12.7 Å². The van der Waals surface area contributed by atoms with Crippen molar-refractivity contribution >= 4 is 38.9 Å². The molecule has 8 heteroatoms. The van der Waals surface area contributed by atoms with Crippen LogP contribution in [0.5, 0.6) is 0 Å². The summed E-state index contributed by atoms with van der Waals surface area (Å²) in [6.45, 7) is 1.34. The van der Waals surface area contributed by atoms with Gasteiger partial charge in [0.2, 0.25) is 5.91 Å². The van der Waals surface area contributed by atoms with Crippen molar-refractivity contribution in [1.29, 1.82) is 0 Å². The second-order valence-electron chi connectivity index (χ2n) is 6.68. The van der Waals surface area contributed by atoms with Crippen LogP contribution in [-0.4, -0.2) is 20.9 Å². The van der Waals surface area contributed by atoms with Gasteiger partial charge < -0.3 is 5.32 Å². The van der Waals surface area contributed by atoms with E-state index >= 15 is 0 Å². The topological polar surface area (TPSA) is 66.5 Å². The minimum Gasteiger partial charge on any atom is -0.324 e. The summed E-state index contributed by atoms with van der Waals surface area (Å²) in [6.07, 6.45) is 0. The van der Waals surface area contributed by atoms with Gasteiger partial charge in [-0.1, -0.05) is 29.8 Å². The third kappa shape index (κ3) is 3.47.